The summed E-state index contributed by atoms with van der Waals surface area (Å²) in [5.74, 6) is -0.215. The molecule has 0 saturated heterocycles. The Hall–Kier alpha value is -2.21. The predicted molar refractivity (Wildman–Crippen MR) is 84.0 cm³/mol. The van der Waals surface area contributed by atoms with Gasteiger partial charge >= 0.3 is 0 Å². The van der Waals surface area contributed by atoms with E-state index in [1.807, 2.05) is 13.8 Å². The van der Waals surface area contributed by atoms with Gasteiger partial charge in [-0.2, -0.15) is 0 Å². The van der Waals surface area contributed by atoms with Crippen LogP contribution in [0.3, 0.4) is 0 Å². The van der Waals surface area contributed by atoms with Crippen molar-refractivity contribution in [3.05, 3.63) is 47.1 Å². The number of hydrogen-bond donors (Lipinski definition) is 1. The summed E-state index contributed by atoms with van der Waals surface area (Å²) in [4.78, 5) is 22.0. The molecule has 1 aromatic carbocycles. The lowest BCUT2D eigenvalue weighted by molar-refractivity contribution is 0.0767. The molecule has 0 atom stereocenters. The molecule has 22 heavy (non-hydrogen) atoms. The van der Waals surface area contributed by atoms with E-state index in [0.29, 0.717) is 30.3 Å². The molecule has 1 heterocycles. The number of halogens is 2. The van der Waals surface area contributed by atoms with Crippen molar-refractivity contribution in [3.63, 3.8) is 0 Å². The maximum Gasteiger partial charge on any atom is 0.272 e. The Morgan fingerprint density at radius 3 is 2.64 bits per heavy atom. The molecule has 0 aliphatic carbocycles. The molecule has 2 rings (SSSR count). The smallest absolute Gasteiger partial charge is 0.272 e. The minimum Gasteiger partial charge on any atom is -0.340 e. The molecule has 0 unspecified atom stereocenters. The van der Waals surface area contributed by atoms with Crippen molar-refractivity contribution >= 4 is 29.0 Å². The van der Waals surface area contributed by atoms with Crippen LogP contribution in [0, 0.1) is 5.82 Å². The van der Waals surface area contributed by atoms with Crippen molar-refractivity contribution < 1.29 is 9.18 Å². The molecule has 1 amide bonds. The molecule has 0 spiro atoms. The molecule has 1 aromatic heterocycles. The predicted octanol–water partition coefficient (Wildman–Crippen LogP) is 3.49. The highest BCUT2D eigenvalue weighted by molar-refractivity contribution is 6.31. The van der Waals surface area contributed by atoms with Crippen LogP contribution < -0.4 is 5.32 Å². The highest BCUT2D eigenvalue weighted by Crippen LogP contribution is 2.22. The number of rotatable bonds is 5. The molecule has 0 aliphatic heterocycles. The van der Waals surface area contributed by atoms with Crippen molar-refractivity contribution in [3.8, 4) is 0 Å². The van der Waals surface area contributed by atoms with Gasteiger partial charge in [-0.05, 0) is 32.0 Å². The molecule has 0 aliphatic rings. The highest BCUT2D eigenvalue weighted by atomic mass is 35.5. The SMILES string of the molecule is CCN(CC)C(=O)c1cc(Nc2ccc(F)c(Cl)c2)ncn1. The van der Waals surface area contributed by atoms with Gasteiger partial charge in [0.2, 0.25) is 0 Å². The maximum atomic E-state index is 13.1. The Morgan fingerprint density at radius 1 is 1.27 bits per heavy atom. The molecule has 2 aromatic rings. The standard InChI is InChI=1S/C15H16ClFN4O/c1-3-21(4-2)15(22)13-8-14(19-9-18-13)20-10-5-6-12(17)11(16)7-10/h5-9H,3-4H2,1-2H3,(H,18,19,20). The average Bonchev–Trinajstić information content (AvgIpc) is 2.52. The first-order valence-corrected chi connectivity index (χ1v) is 7.26. The van der Waals surface area contributed by atoms with Gasteiger partial charge in [-0.1, -0.05) is 11.6 Å². The van der Waals surface area contributed by atoms with E-state index in [2.05, 4.69) is 15.3 Å². The van der Waals surface area contributed by atoms with Crippen LogP contribution >= 0.6 is 11.6 Å². The summed E-state index contributed by atoms with van der Waals surface area (Å²) in [6, 6.07) is 5.80. The summed E-state index contributed by atoms with van der Waals surface area (Å²) in [6.07, 6.45) is 1.31. The highest BCUT2D eigenvalue weighted by Gasteiger charge is 2.14. The summed E-state index contributed by atoms with van der Waals surface area (Å²) >= 11 is 5.73. The van der Waals surface area contributed by atoms with Crippen LogP contribution in [0.25, 0.3) is 0 Å². The van der Waals surface area contributed by atoms with Gasteiger partial charge < -0.3 is 10.2 Å². The van der Waals surface area contributed by atoms with Crippen LogP contribution in [0.15, 0.2) is 30.6 Å². The van der Waals surface area contributed by atoms with E-state index in [9.17, 15) is 9.18 Å². The molecule has 0 bridgehead atoms. The first kappa shape index (κ1) is 16.2. The quantitative estimate of drug-likeness (QED) is 0.915. The van der Waals surface area contributed by atoms with Gasteiger partial charge in [0, 0.05) is 24.8 Å². The zero-order valence-corrected chi connectivity index (χ0v) is 13.1. The largest absolute Gasteiger partial charge is 0.340 e. The van der Waals surface area contributed by atoms with Gasteiger partial charge in [-0.15, -0.1) is 0 Å². The minimum atomic E-state index is -0.493. The lowest BCUT2D eigenvalue weighted by Crippen LogP contribution is -2.31. The number of nitrogens with zero attached hydrogens (tertiary/aromatic N) is 3. The maximum absolute atomic E-state index is 13.1. The van der Waals surface area contributed by atoms with Gasteiger partial charge in [-0.25, -0.2) is 14.4 Å². The van der Waals surface area contributed by atoms with Crippen molar-refractivity contribution in [2.45, 2.75) is 13.8 Å². The summed E-state index contributed by atoms with van der Waals surface area (Å²) in [5, 5.41) is 2.98. The molecule has 0 fully saturated rings. The lowest BCUT2D eigenvalue weighted by Gasteiger charge is -2.18. The average molecular weight is 323 g/mol. The van der Waals surface area contributed by atoms with Crippen LogP contribution in [0.2, 0.25) is 5.02 Å². The number of benzene rings is 1. The molecule has 116 valence electrons. The fourth-order valence-electron chi connectivity index (χ4n) is 1.94. The van der Waals surface area contributed by atoms with E-state index < -0.39 is 5.82 Å². The molecular formula is C15H16ClFN4O. The molecular weight excluding hydrogens is 307 g/mol. The molecule has 0 saturated carbocycles. The second-order valence-electron chi connectivity index (χ2n) is 4.52. The van der Waals surface area contributed by atoms with E-state index in [4.69, 9.17) is 11.6 Å². The molecule has 0 radical (unpaired) electrons. The van der Waals surface area contributed by atoms with Crippen LogP contribution in [-0.4, -0.2) is 33.9 Å². The van der Waals surface area contributed by atoms with Gasteiger partial charge in [-0.3, -0.25) is 4.79 Å². The minimum absolute atomic E-state index is 0.0125. The summed E-state index contributed by atoms with van der Waals surface area (Å²) in [6.45, 7) is 5.02. The first-order chi connectivity index (χ1) is 10.5. The van der Waals surface area contributed by atoms with Crippen molar-refractivity contribution in [1.82, 2.24) is 14.9 Å². The van der Waals surface area contributed by atoms with Crippen molar-refractivity contribution in [2.75, 3.05) is 18.4 Å². The third-order valence-electron chi connectivity index (χ3n) is 3.13. The second kappa shape index (κ2) is 7.17. The summed E-state index contributed by atoms with van der Waals surface area (Å²) in [5.41, 5.74) is 0.876. The Morgan fingerprint density at radius 2 is 2.00 bits per heavy atom. The zero-order valence-electron chi connectivity index (χ0n) is 12.3. The number of hydrogen-bond acceptors (Lipinski definition) is 4. The Kier molecular flexibility index (Phi) is 5.27. The van der Waals surface area contributed by atoms with Crippen LogP contribution in [0.1, 0.15) is 24.3 Å². The third-order valence-corrected chi connectivity index (χ3v) is 3.42. The number of nitrogens with one attached hydrogen (secondary N) is 1. The van der Waals surface area contributed by atoms with E-state index in [1.165, 1.54) is 24.5 Å². The van der Waals surface area contributed by atoms with Crippen LogP contribution in [0.4, 0.5) is 15.9 Å². The first-order valence-electron chi connectivity index (χ1n) is 6.88. The van der Waals surface area contributed by atoms with Crippen LogP contribution in [0.5, 0.6) is 0 Å². The second-order valence-corrected chi connectivity index (χ2v) is 4.93. The van der Waals surface area contributed by atoms with Gasteiger partial charge in [0.25, 0.3) is 5.91 Å². The molecule has 7 heteroatoms. The zero-order chi connectivity index (χ0) is 16.1. The van der Waals surface area contributed by atoms with E-state index >= 15 is 0 Å². The topological polar surface area (TPSA) is 58.1 Å². The fourth-order valence-corrected chi connectivity index (χ4v) is 2.12. The number of carbonyl (C=O) groups is 1. The number of amides is 1. The Bertz CT molecular complexity index is 676. The third kappa shape index (κ3) is 3.71. The Labute approximate surface area is 133 Å². The molecule has 5 nitrogen and oxygen atoms in total. The van der Waals surface area contributed by atoms with E-state index in [-0.39, 0.29) is 10.9 Å². The van der Waals surface area contributed by atoms with Gasteiger partial charge in [0.15, 0.2) is 0 Å². The number of carbonyl (C=O) groups excluding carboxylic acids is 1. The summed E-state index contributed by atoms with van der Waals surface area (Å²) < 4.78 is 13.1. The monoisotopic (exact) mass is 322 g/mol. The van der Waals surface area contributed by atoms with Gasteiger partial charge in [0.1, 0.15) is 23.7 Å². The van der Waals surface area contributed by atoms with Crippen molar-refractivity contribution in [1.29, 1.82) is 0 Å². The number of aromatic nitrogens is 2. The molecule has 1 N–H and O–H groups in total. The van der Waals surface area contributed by atoms with E-state index in [0.717, 1.165) is 0 Å². The van der Waals surface area contributed by atoms with Gasteiger partial charge in [0.05, 0.1) is 5.02 Å². The fraction of sp³-hybridized carbons (Fsp3) is 0.267. The summed E-state index contributed by atoms with van der Waals surface area (Å²) in [7, 11) is 0. The number of anilines is 2. The lowest BCUT2D eigenvalue weighted by atomic mass is 10.3. The van der Waals surface area contributed by atoms with E-state index in [1.54, 1.807) is 11.0 Å². The Balaban J connectivity index is 2.21. The van der Waals surface area contributed by atoms with Crippen molar-refractivity contribution in [2.24, 2.45) is 0 Å². The normalized spacial score (nSPS) is 10.4. The van der Waals surface area contributed by atoms with Crippen LogP contribution in [-0.2, 0) is 0 Å².